The van der Waals surface area contributed by atoms with Crippen molar-refractivity contribution in [2.24, 2.45) is 0 Å². The van der Waals surface area contributed by atoms with Crippen molar-refractivity contribution in [3.05, 3.63) is 12.7 Å². The van der Waals surface area contributed by atoms with Crippen molar-refractivity contribution < 1.29 is 0 Å². The van der Waals surface area contributed by atoms with Crippen LogP contribution in [-0.2, 0) is 0 Å². The van der Waals surface area contributed by atoms with Crippen LogP contribution in [0.4, 0.5) is 0 Å². The molecule has 0 saturated carbocycles. The molecule has 0 aliphatic heterocycles. The highest BCUT2D eigenvalue weighted by atomic mass is 15.5. The first-order valence-corrected chi connectivity index (χ1v) is 5.06. The van der Waals surface area contributed by atoms with E-state index < -0.39 is 0 Å². The maximum absolute atomic E-state index is 3.67. The molecule has 0 aliphatic rings. The summed E-state index contributed by atoms with van der Waals surface area (Å²) in [6, 6.07) is 0.731. The Labute approximate surface area is 93.7 Å². The van der Waals surface area contributed by atoms with Gasteiger partial charge in [0.05, 0.1) is 0 Å². The number of hydrogen-bond acceptors (Lipinski definition) is 6. The first-order chi connectivity index (χ1) is 7.61. The van der Waals surface area contributed by atoms with Crippen LogP contribution in [-0.4, -0.2) is 40.4 Å². The Morgan fingerprint density at radius 2 is 1.12 bits per heavy atom. The molecule has 0 aromatic carbocycles. The second-order valence-electron chi connectivity index (χ2n) is 3.77. The van der Waals surface area contributed by atoms with E-state index >= 15 is 0 Å². The van der Waals surface area contributed by atoms with E-state index in [4.69, 9.17) is 0 Å². The van der Waals surface area contributed by atoms with Gasteiger partial charge in [0, 0.05) is 12.1 Å². The molecule has 0 atom stereocenters. The van der Waals surface area contributed by atoms with Gasteiger partial charge in [0.2, 0.25) is 0 Å². The third-order valence-corrected chi connectivity index (χ3v) is 1.79. The molecule has 0 spiro atoms. The molecule has 0 unspecified atom stereocenters. The molecule has 2 heterocycles. The molecule has 2 aromatic rings. The fraction of sp³-hybridized carbons (Fsp3) is 0.750. The van der Waals surface area contributed by atoms with Crippen LogP contribution >= 0.6 is 0 Å². The van der Waals surface area contributed by atoms with E-state index in [1.165, 1.54) is 0 Å². The topological polar surface area (TPSA) is 87.2 Å². The predicted octanol–water partition coefficient (Wildman–Crippen LogP) is 0.508. The van der Waals surface area contributed by atoms with Gasteiger partial charge in [-0.1, -0.05) is 0 Å². The lowest BCUT2D eigenvalue weighted by Gasteiger charge is -1.98. The minimum atomic E-state index is 0.366. The van der Waals surface area contributed by atoms with E-state index in [2.05, 4.69) is 31.1 Å². The van der Waals surface area contributed by atoms with Crippen molar-refractivity contribution in [3.8, 4) is 0 Å². The minimum absolute atomic E-state index is 0.366. The Morgan fingerprint density at radius 3 is 1.25 bits per heavy atom. The average molecular weight is 224 g/mol. The molecule has 0 radical (unpaired) electrons. The summed E-state index contributed by atoms with van der Waals surface area (Å²) in [5.41, 5.74) is 0. The molecule has 0 amide bonds. The van der Waals surface area contributed by atoms with Gasteiger partial charge in [0.15, 0.2) is 0 Å². The molecule has 8 nitrogen and oxygen atoms in total. The minimum Gasteiger partial charge on any atom is -0.230 e. The summed E-state index contributed by atoms with van der Waals surface area (Å²) in [4.78, 5) is 0. The van der Waals surface area contributed by atoms with E-state index in [9.17, 15) is 0 Å². The van der Waals surface area contributed by atoms with Crippen LogP contribution in [0.25, 0.3) is 0 Å². The fourth-order valence-electron chi connectivity index (χ4n) is 0.810. The Hall–Kier alpha value is -1.86. The standard InChI is InChI=1S/2C4H8N4/c2*1-4(2)8-3-5-6-7-8/h2*3-4H,1-2H3. The van der Waals surface area contributed by atoms with Gasteiger partial charge in [0.25, 0.3) is 0 Å². The van der Waals surface area contributed by atoms with Gasteiger partial charge < -0.3 is 0 Å². The van der Waals surface area contributed by atoms with E-state index in [0.717, 1.165) is 0 Å². The number of tetrazole rings is 2. The van der Waals surface area contributed by atoms with Gasteiger partial charge in [0.1, 0.15) is 12.7 Å². The number of hydrogen-bond donors (Lipinski definition) is 0. The molecule has 2 aromatic heterocycles. The number of nitrogens with zero attached hydrogens (tertiary/aromatic N) is 8. The van der Waals surface area contributed by atoms with E-state index in [1.54, 1.807) is 22.0 Å². The van der Waals surface area contributed by atoms with Gasteiger partial charge in [-0.2, -0.15) is 0 Å². The summed E-state index contributed by atoms with van der Waals surface area (Å²) < 4.78 is 3.39. The van der Waals surface area contributed by atoms with Gasteiger partial charge in [-0.05, 0) is 48.5 Å². The lowest BCUT2D eigenvalue weighted by Crippen LogP contribution is -2.00. The maximum Gasteiger partial charge on any atom is 0.138 e. The van der Waals surface area contributed by atoms with Crippen molar-refractivity contribution in [3.63, 3.8) is 0 Å². The first kappa shape index (κ1) is 12.2. The zero-order valence-corrected chi connectivity index (χ0v) is 9.89. The van der Waals surface area contributed by atoms with Crippen molar-refractivity contribution in [2.75, 3.05) is 0 Å². The third kappa shape index (κ3) is 3.71. The van der Waals surface area contributed by atoms with Crippen LogP contribution < -0.4 is 0 Å². The zero-order valence-electron chi connectivity index (χ0n) is 9.89. The number of aromatic nitrogens is 8. The van der Waals surface area contributed by atoms with Crippen molar-refractivity contribution in [1.29, 1.82) is 0 Å². The first-order valence-electron chi connectivity index (χ1n) is 5.06. The molecule has 88 valence electrons. The van der Waals surface area contributed by atoms with Crippen LogP contribution in [0.2, 0.25) is 0 Å². The summed E-state index contributed by atoms with van der Waals surface area (Å²) in [7, 11) is 0. The van der Waals surface area contributed by atoms with Crippen LogP contribution in [0.3, 0.4) is 0 Å². The smallest absolute Gasteiger partial charge is 0.138 e. The average Bonchev–Trinajstić information content (AvgIpc) is 2.93. The molecule has 0 bridgehead atoms. The SMILES string of the molecule is CC(C)n1cnnn1.CC(C)n1cnnn1. The summed E-state index contributed by atoms with van der Waals surface area (Å²) in [6.45, 7) is 8.10. The Kier molecular flexibility index (Phi) is 4.49. The molecular weight excluding hydrogens is 208 g/mol. The molecule has 0 saturated heterocycles. The summed E-state index contributed by atoms with van der Waals surface area (Å²) in [6.07, 6.45) is 3.20. The van der Waals surface area contributed by atoms with Crippen molar-refractivity contribution >= 4 is 0 Å². The van der Waals surface area contributed by atoms with E-state index in [1.807, 2.05) is 27.7 Å². The highest BCUT2D eigenvalue weighted by Crippen LogP contribution is 1.95. The quantitative estimate of drug-likeness (QED) is 0.738. The highest BCUT2D eigenvalue weighted by Gasteiger charge is 1.94. The van der Waals surface area contributed by atoms with Gasteiger partial charge in [-0.15, -0.1) is 10.2 Å². The monoisotopic (exact) mass is 224 g/mol. The fourth-order valence-corrected chi connectivity index (χ4v) is 0.810. The Morgan fingerprint density at radius 1 is 0.750 bits per heavy atom. The van der Waals surface area contributed by atoms with Crippen molar-refractivity contribution in [1.82, 2.24) is 40.4 Å². The van der Waals surface area contributed by atoms with Crippen LogP contribution in [0, 0.1) is 0 Å². The van der Waals surface area contributed by atoms with E-state index in [-0.39, 0.29) is 0 Å². The van der Waals surface area contributed by atoms with Gasteiger partial charge in [-0.25, -0.2) is 9.36 Å². The van der Waals surface area contributed by atoms with Crippen LogP contribution in [0.5, 0.6) is 0 Å². The molecular formula is C8H16N8. The summed E-state index contributed by atoms with van der Waals surface area (Å²) in [5.74, 6) is 0. The van der Waals surface area contributed by atoms with E-state index in [0.29, 0.717) is 12.1 Å². The molecule has 0 N–H and O–H groups in total. The molecule has 2 rings (SSSR count). The second-order valence-corrected chi connectivity index (χ2v) is 3.77. The lowest BCUT2D eigenvalue weighted by atomic mass is 10.4. The zero-order chi connectivity index (χ0) is 12.0. The van der Waals surface area contributed by atoms with Crippen LogP contribution in [0.1, 0.15) is 39.8 Å². The second kappa shape index (κ2) is 5.89. The summed E-state index contributed by atoms with van der Waals surface area (Å²) >= 11 is 0. The predicted molar refractivity (Wildman–Crippen MR) is 56.4 cm³/mol. The van der Waals surface area contributed by atoms with Gasteiger partial charge >= 0.3 is 0 Å². The normalized spacial score (nSPS) is 10.4. The maximum atomic E-state index is 3.67. The largest absolute Gasteiger partial charge is 0.230 e. The Balaban J connectivity index is 0.000000160. The Bertz CT molecular complexity index is 324. The molecule has 16 heavy (non-hydrogen) atoms. The third-order valence-electron chi connectivity index (χ3n) is 1.79. The summed E-state index contributed by atoms with van der Waals surface area (Å²) in [5, 5.41) is 21.2. The molecule has 8 heteroatoms. The van der Waals surface area contributed by atoms with Gasteiger partial charge in [-0.3, -0.25) is 0 Å². The highest BCUT2D eigenvalue weighted by molar-refractivity contribution is 4.52. The lowest BCUT2D eigenvalue weighted by molar-refractivity contribution is 0.514. The molecule has 0 aliphatic carbocycles. The van der Waals surface area contributed by atoms with Crippen LogP contribution in [0.15, 0.2) is 12.7 Å². The number of rotatable bonds is 2. The van der Waals surface area contributed by atoms with Crippen molar-refractivity contribution in [2.45, 2.75) is 39.8 Å². The molecule has 0 fully saturated rings.